The van der Waals surface area contributed by atoms with Gasteiger partial charge in [0.15, 0.2) is 21.4 Å². The topological polar surface area (TPSA) is 87.6 Å². The molecular weight excluding hydrogens is 538 g/mol. The quantitative estimate of drug-likeness (QED) is 0.358. The number of aryl methyl sites for hydroxylation is 1. The molecule has 40 heavy (non-hydrogen) atoms. The molecule has 1 saturated heterocycles. The van der Waals surface area contributed by atoms with Gasteiger partial charge in [-0.25, -0.2) is 17.2 Å². The lowest BCUT2D eigenvalue weighted by molar-refractivity contribution is 0.120. The van der Waals surface area contributed by atoms with Crippen LogP contribution in [0.1, 0.15) is 18.5 Å². The number of ether oxygens (including phenoxy) is 1. The Morgan fingerprint density at radius 2 is 1.70 bits per heavy atom. The Labute approximate surface area is 230 Å². The van der Waals surface area contributed by atoms with Gasteiger partial charge in [-0.05, 0) is 49.2 Å². The summed E-state index contributed by atoms with van der Waals surface area (Å²) >= 11 is 0. The molecule has 2 aromatic heterocycles. The first kappa shape index (κ1) is 26.7. The molecule has 0 spiro atoms. The lowest BCUT2D eigenvalue weighted by Gasteiger charge is -2.34. The molecule has 11 heteroatoms. The number of pyridine rings is 1. The fourth-order valence-corrected chi connectivity index (χ4v) is 6.02. The van der Waals surface area contributed by atoms with Gasteiger partial charge in [-0.2, -0.15) is 0 Å². The first-order chi connectivity index (χ1) is 19.1. The number of nitrogens with one attached hydrogen (secondary N) is 1. The number of hydrogen-bond donors (Lipinski definition) is 1. The van der Waals surface area contributed by atoms with Gasteiger partial charge in [0.1, 0.15) is 17.1 Å². The van der Waals surface area contributed by atoms with E-state index in [0.29, 0.717) is 34.6 Å². The third kappa shape index (κ3) is 5.28. The van der Waals surface area contributed by atoms with E-state index in [1.54, 1.807) is 13.2 Å². The molecule has 2 fully saturated rings. The molecule has 4 aromatic rings. The summed E-state index contributed by atoms with van der Waals surface area (Å²) in [7, 11) is -1.98. The molecule has 0 unspecified atom stereocenters. The van der Waals surface area contributed by atoms with Crippen molar-refractivity contribution in [3.8, 4) is 22.6 Å². The van der Waals surface area contributed by atoms with Crippen molar-refractivity contribution in [3.05, 3.63) is 76.3 Å². The third-order valence-electron chi connectivity index (χ3n) is 7.67. The molecule has 1 aliphatic carbocycles. The van der Waals surface area contributed by atoms with Crippen molar-refractivity contribution in [1.29, 1.82) is 0 Å². The van der Waals surface area contributed by atoms with Gasteiger partial charge in [0, 0.05) is 86.5 Å². The van der Waals surface area contributed by atoms with E-state index < -0.39 is 21.5 Å². The highest BCUT2D eigenvalue weighted by molar-refractivity contribution is 7.90. The summed E-state index contributed by atoms with van der Waals surface area (Å²) in [5.41, 5.74) is 1.92. The van der Waals surface area contributed by atoms with Gasteiger partial charge in [-0.1, -0.05) is 0 Å². The number of aromatic nitrogens is 2. The standard InChI is InChI=1S/C29H30F2N4O4S/c1-33-17-24(22-15-21(40(2,37)38)6-8-26(22)39-27-7-3-18(30)13-25(27)31)23-14-19(32-28(23)29(33)36)16-34-9-11-35(12-10-34)20-4-5-20/h3,6-8,13-15,17,20,32H,4-5,9-12,16H2,1-2H3. The molecule has 0 amide bonds. The molecule has 8 nitrogen and oxygen atoms in total. The summed E-state index contributed by atoms with van der Waals surface area (Å²) in [6, 6.07) is 9.89. The lowest BCUT2D eigenvalue weighted by Crippen LogP contribution is -2.46. The number of nitrogens with zero attached hydrogens (tertiary/aromatic N) is 3. The van der Waals surface area contributed by atoms with Gasteiger partial charge in [0.2, 0.25) is 0 Å². The van der Waals surface area contributed by atoms with Crippen molar-refractivity contribution in [2.24, 2.45) is 7.05 Å². The summed E-state index contributed by atoms with van der Waals surface area (Å²) in [6.45, 7) is 4.57. The molecule has 1 aliphatic heterocycles. The van der Waals surface area contributed by atoms with Crippen molar-refractivity contribution < 1.29 is 21.9 Å². The molecule has 2 aliphatic rings. The first-order valence-corrected chi connectivity index (χ1v) is 15.1. The number of piperazine rings is 1. The number of hydrogen-bond acceptors (Lipinski definition) is 6. The smallest absolute Gasteiger partial charge is 0.274 e. The average molecular weight is 569 g/mol. The lowest BCUT2D eigenvalue weighted by atomic mass is 10.0. The molecule has 0 atom stereocenters. The Morgan fingerprint density at radius 3 is 2.38 bits per heavy atom. The third-order valence-corrected chi connectivity index (χ3v) is 8.78. The van der Waals surface area contributed by atoms with Crippen molar-refractivity contribution in [3.63, 3.8) is 0 Å². The molecule has 2 aromatic carbocycles. The number of rotatable bonds is 7. The van der Waals surface area contributed by atoms with E-state index in [0.717, 1.165) is 50.2 Å². The van der Waals surface area contributed by atoms with Crippen LogP contribution in [0, 0.1) is 11.6 Å². The summed E-state index contributed by atoms with van der Waals surface area (Å²) in [4.78, 5) is 21.3. The maximum absolute atomic E-state index is 14.5. The highest BCUT2D eigenvalue weighted by Crippen LogP contribution is 2.39. The van der Waals surface area contributed by atoms with Crippen molar-refractivity contribution >= 4 is 20.7 Å². The van der Waals surface area contributed by atoms with Crippen LogP contribution >= 0.6 is 0 Å². The highest BCUT2D eigenvalue weighted by Gasteiger charge is 2.31. The highest BCUT2D eigenvalue weighted by atomic mass is 32.2. The molecule has 6 rings (SSSR count). The van der Waals surface area contributed by atoms with Crippen LogP contribution in [0.4, 0.5) is 8.78 Å². The number of halogens is 2. The second kappa shape index (κ2) is 10.1. The zero-order valence-electron chi connectivity index (χ0n) is 22.3. The monoisotopic (exact) mass is 568 g/mol. The maximum atomic E-state index is 14.5. The predicted molar refractivity (Wildman–Crippen MR) is 148 cm³/mol. The van der Waals surface area contributed by atoms with Crippen LogP contribution < -0.4 is 10.3 Å². The second-order valence-corrected chi connectivity index (χ2v) is 12.7. The fraction of sp³-hybridized carbons (Fsp3) is 0.345. The van der Waals surface area contributed by atoms with Gasteiger partial charge in [-0.3, -0.25) is 14.6 Å². The Morgan fingerprint density at radius 1 is 0.975 bits per heavy atom. The van der Waals surface area contributed by atoms with Crippen LogP contribution in [-0.4, -0.2) is 66.2 Å². The van der Waals surface area contributed by atoms with Crippen LogP contribution in [0.3, 0.4) is 0 Å². The van der Waals surface area contributed by atoms with Gasteiger partial charge >= 0.3 is 0 Å². The minimum absolute atomic E-state index is 0.0423. The average Bonchev–Trinajstić information content (AvgIpc) is 3.67. The Hall–Kier alpha value is -3.54. The number of fused-ring (bicyclic) bond motifs is 1. The Balaban J connectivity index is 1.42. The van der Waals surface area contributed by atoms with E-state index in [9.17, 15) is 22.0 Å². The first-order valence-electron chi connectivity index (χ1n) is 13.2. The molecule has 3 heterocycles. The van der Waals surface area contributed by atoms with Crippen molar-refractivity contribution in [2.75, 3.05) is 32.4 Å². The van der Waals surface area contributed by atoms with Gasteiger partial charge in [0.05, 0.1) is 4.90 Å². The van der Waals surface area contributed by atoms with E-state index in [-0.39, 0.29) is 22.0 Å². The van der Waals surface area contributed by atoms with E-state index in [4.69, 9.17) is 4.74 Å². The number of H-pyrrole nitrogens is 1. The zero-order valence-corrected chi connectivity index (χ0v) is 23.1. The number of benzene rings is 2. The summed E-state index contributed by atoms with van der Waals surface area (Å²) in [6.07, 6.45) is 5.29. The van der Waals surface area contributed by atoms with Crippen LogP contribution in [0.25, 0.3) is 22.0 Å². The van der Waals surface area contributed by atoms with Crippen LogP contribution in [0.2, 0.25) is 0 Å². The van der Waals surface area contributed by atoms with E-state index in [1.807, 2.05) is 6.07 Å². The number of sulfone groups is 1. The fourth-order valence-electron chi connectivity index (χ4n) is 5.37. The largest absolute Gasteiger partial charge is 0.454 e. The van der Waals surface area contributed by atoms with Crippen LogP contribution in [0.15, 0.2) is 58.4 Å². The van der Waals surface area contributed by atoms with Crippen LogP contribution in [-0.2, 0) is 23.4 Å². The van der Waals surface area contributed by atoms with E-state index in [2.05, 4.69) is 14.8 Å². The summed E-state index contributed by atoms with van der Waals surface area (Å²) in [5, 5.41) is 0.602. The molecule has 1 N–H and O–H groups in total. The van der Waals surface area contributed by atoms with Crippen molar-refractivity contribution in [1.82, 2.24) is 19.4 Å². The van der Waals surface area contributed by atoms with E-state index >= 15 is 0 Å². The zero-order chi connectivity index (χ0) is 28.2. The molecule has 210 valence electrons. The Kier molecular flexibility index (Phi) is 6.76. The van der Waals surface area contributed by atoms with Gasteiger partial charge in [-0.15, -0.1) is 0 Å². The Bertz CT molecular complexity index is 1770. The van der Waals surface area contributed by atoms with Gasteiger partial charge < -0.3 is 14.3 Å². The molecular formula is C29H30F2N4O4S. The second-order valence-electron chi connectivity index (χ2n) is 10.7. The molecule has 0 radical (unpaired) electrons. The SMILES string of the molecule is Cn1cc(-c2cc(S(C)(=O)=O)ccc2Oc2ccc(F)cc2F)c2cc(CN3CCN(C4CC4)CC3)[nH]c2c1=O. The summed E-state index contributed by atoms with van der Waals surface area (Å²) in [5.74, 6) is -1.69. The predicted octanol–water partition coefficient (Wildman–Crippen LogP) is 4.29. The van der Waals surface area contributed by atoms with Gasteiger partial charge in [0.25, 0.3) is 5.56 Å². The molecule has 1 saturated carbocycles. The normalized spacial score (nSPS) is 17.0. The van der Waals surface area contributed by atoms with E-state index in [1.165, 1.54) is 41.7 Å². The molecule has 0 bridgehead atoms. The maximum Gasteiger partial charge on any atom is 0.274 e. The minimum Gasteiger partial charge on any atom is -0.454 e. The summed E-state index contributed by atoms with van der Waals surface area (Å²) < 4.78 is 60.1. The number of aromatic amines is 1. The van der Waals surface area contributed by atoms with Crippen molar-refractivity contribution in [2.45, 2.75) is 30.3 Å². The minimum atomic E-state index is -3.59. The van der Waals surface area contributed by atoms with Crippen LogP contribution in [0.5, 0.6) is 11.5 Å².